The van der Waals surface area contributed by atoms with Gasteiger partial charge in [0.05, 0.1) is 0 Å². The van der Waals surface area contributed by atoms with Crippen LogP contribution >= 0.6 is 0 Å². The zero-order valence-electron chi connectivity index (χ0n) is 16.3. The molecule has 4 aromatic rings. The molecular formula is C24H23N3O2+2. The smallest absolute Gasteiger partial charge is 0.233 e. The number of quaternary nitrogens is 1. The van der Waals surface area contributed by atoms with E-state index in [1.807, 2.05) is 47.3 Å². The number of amides is 2. The molecule has 0 aliphatic rings. The fourth-order valence-electron chi connectivity index (χ4n) is 3.74. The summed E-state index contributed by atoms with van der Waals surface area (Å²) in [4.78, 5) is 24.1. The van der Waals surface area contributed by atoms with E-state index in [0.29, 0.717) is 25.1 Å². The molecule has 0 radical (unpaired) electrons. The molecule has 1 aromatic heterocycles. The third kappa shape index (κ3) is 3.60. The van der Waals surface area contributed by atoms with Gasteiger partial charge in [0.15, 0.2) is 16.7 Å². The molecule has 0 bridgehead atoms. The van der Waals surface area contributed by atoms with Crippen LogP contribution in [0.5, 0.6) is 0 Å². The number of carbonyl (C=O) groups is 2. The summed E-state index contributed by atoms with van der Waals surface area (Å²) in [6.45, 7) is 2.98. The average molecular weight is 385 g/mol. The number of hydrogen-bond acceptors (Lipinski definition) is 2. The number of hydrogen-bond donors (Lipinski definition) is 0. The van der Waals surface area contributed by atoms with Crippen molar-refractivity contribution in [3.63, 3.8) is 0 Å². The number of aromatic nitrogens is 2. The van der Waals surface area contributed by atoms with E-state index in [-0.39, 0.29) is 6.67 Å². The zero-order chi connectivity index (χ0) is 20.3. The van der Waals surface area contributed by atoms with Crippen molar-refractivity contribution in [1.82, 2.24) is 9.05 Å². The Morgan fingerprint density at radius 2 is 1.62 bits per heavy atom. The van der Waals surface area contributed by atoms with Crippen molar-refractivity contribution in [3.05, 3.63) is 96.3 Å². The quantitative estimate of drug-likeness (QED) is 0.277. The molecule has 0 aliphatic carbocycles. The Morgan fingerprint density at radius 3 is 2.34 bits per heavy atom. The summed E-state index contributed by atoms with van der Waals surface area (Å²) < 4.78 is 3.70. The second-order valence-electron chi connectivity index (χ2n) is 7.31. The molecule has 0 N–H and O–H groups in total. The van der Waals surface area contributed by atoms with Crippen LogP contribution in [0.4, 0.5) is 5.69 Å². The van der Waals surface area contributed by atoms with Crippen molar-refractivity contribution in [2.75, 3.05) is 0 Å². The van der Waals surface area contributed by atoms with Crippen LogP contribution < -0.4 is 9.05 Å². The minimum absolute atomic E-state index is 0.193. The maximum Gasteiger partial charge on any atom is 0.317 e. The van der Waals surface area contributed by atoms with Gasteiger partial charge in [-0.1, -0.05) is 60.2 Å². The van der Waals surface area contributed by atoms with Gasteiger partial charge in [0, 0.05) is 12.1 Å². The standard InChI is InChI=1S/C24H23N3O2/c1-20-8-7-9-21(14-20)15-25-16-26(24-13-6-5-12-23(24)25)17-27(18-28,19-29)22-10-3-2-4-11-22/h2-14,16,18-19H,15,17H2,1H3/q+2. The van der Waals surface area contributed by atoms with Crippen LogP contribution in [-0.2, 0) is 22.8 Å². The van der Waals surface area contributed by atoms with Crippen LogP contribution in [0.1, 0.15) is 11.1 Å². The van der Waals surface area contributed by atoms with Gasteiger partial charge in [-0.2, -0.15) is 4.57 Å². The zero-order valence-corrected chi connectivity index (χ0v) is 16.3. The lowest BCUT2D eigenvalue weighted by Gasteiger charge is -2.21. The molecule has 1 heterocycles. The first-order chi connectivity index (χ1) is 14.1. The van der Waals surface area contributed by atoms with Gasteiger partial charge in [-0.25, -0.2) is 14.2 Å². The molecule has 0 unspecified atom stereocenters. The van der Waals surface area contributed by atoms with Crippen LogP contribution in [0.2, 0.25) is 0 Å². The van der Waals surface area contributed by atoms with Crippen LogP contribution in [0.3, 0.4) is 0 Å². The first kappa shape index (κ1) is 18.8. The molecule has 3 aromatic carbocycles. The van der Waals surface area contributed by atoms with Gasteiger partial charge in [0.25, 0.3) is 0 Å². The highest BCUT2D eigenvalue weighted by molar-refractivity contribution is 5.88. The van der Waals surface area contributed by atoms with E-state index in [1.165, 1.54) is 11.1 Å². The Hall–Kier alpha value is -3.57. The van der Waals surface area contributed by atoms with Crippen LogP contribution in [0, 0.1) is 6.92 Å². The molecule has 0 aliphatic heterocycles. The second kappa shape index (κ2) is 7.81. The summed E-state index contributed by atoms with van der Waals surface area (Å²) in [5.41, 5.74) is 5.08. The summed E-state index contributed by atoms with van der Waals surface area (Å²) in [6, 6.07) is 25.6. The first-order valence-corrected chi connectivity index (χ1v) is 9.54. The third-order valence-electron chi connectivity index (χ3n) is 5.21. The Balaban J connectivity index is 1.78. The Kier molecular flexibility index (Phi) is 5.06. The number of para-hydroxylation sites is 3. The summed E-state index contributed by atoms with van der Waals surface area (Å²) >= 11 is 0. The molecule has 5 nitrogen and oxygen atoms in total. The number of imide groups is 1. The van der Waals surface area contributed by atoms with Gasteiger partial charge in [-0.05, 0) is 24.6 Å². The minimum Gasteiger partial charge on any atom is -0.233 e. The summed E-state index contributed by atoms with van der Waals surface area (Å²) in [5, 5.41) is 0. The lowest BCUT2D eigenvalue weighted by atomic mass is 10.1. The van der Waals surface area contributed by atoms with Crippen molar-refractivity contribution in [1.29, 1.82) is 0 Å². The maximum absolute atomic E-state index is 12.1. The normalized spacial score (nSPS) is 11.5. The maximum atomic E-state index is 12.1. The monoisotopic (exact) mass is 385 g/mol. The van der Waals surface area contributed by atoms with Gasteiger partial charge < -0.3 is 0 Å². The predicted molar refractivity (Wildman–Crippen MR) is 113 cm³/mol. The Labute approximate surface area is 169 Å². The molecule has 0 fully saturated rings. The van der Waals surface area contributed by atoms with Gasteiger partial charge in [0.2, 0.25) is 13.0 Å². The fourth-order valence-corrected chi connectivity index (χ4v) is 3.74. The number of benzene rings is 3. The summed E-state index contributed by atoms with van der Waals surface area (Å²) in [7, 11) is 0. The highest BCUT2D eigenvalue weighted by atomic mass is 16.2. The summed E-state index contributed by atoms with van der Waals surface area (Å²) in [6.07, 6.45) is 3.37. The largest absolute Gasteiger partial charge is 0.317 e. The molecule has 0 atom stereocenters. The van der Waals surface area contributed by atoms with Crippen LogP contribution in [0.15, 0.2) is 85.2 Å². The molecular weight excluding hydrogens is 362 g/mol. The minimum atomic E-state index is -0.427. The lowest BCUT2D eigenvalue weighted by Crippen LogP contribution is -2.48. The summed E-state index contributed by atoms with van der Waals surface area (Å²) in [5.74, 6) is 0. The SMILES string of the molecule is Cc1cccc(C[n+]2cn(C[N+](C=O)(C=O)c3ccccc3)c3ccccc32)c1. The van der Waals surface area contributed by atoms with E-state index >= 15 is 0 Å². The molecule has 0 saturated carbocycles. The van der Waals surface area contributed by atoms with Crippen molar-refractivity contribution in [3.8, 4) is 0 Å². The lowest BCUT2D eigenvalue weighted by molar-refractivity contribution is -0.663. The number of fused-ring (bicyclic) bond motifs is 1. The van der Waals surface area contributed by atoms with E-state index in [0.717, 1.165) is 11.0 Å². The van der Waals surface area contributed by atoms with Gasteiger partial charge >= 0.3 is 12.8 Å². The number of carbonyl (C=O) groups excluding carboxylic acids is 2. The van der Waals surface area contributed by atoms with Gasteiger partial charge in [0.1, 0.15) is 6.54 Å². The van der Waals surface area contributed by atoms with Crippen molar-refractivity contribution < 1.29 is 14.2 Å². The molecule has 4 rings (SSSR count). The number of rotatable bonds is 7. The van der Waals surface area contributed by atoms with E-state index in [2.05, 4.69) is 41.8 Å². The van der Waals surface area contributed by atoms with Crippen LogP contribution in [-0.4, -0.2) is 17.4 Å². The molecule has 144 valence electrons. The predicted octanol–water partition coefficient (Wildman–Crippen LogP) is 3.56. The Bertz CT molecular complexity index is 1160. The highest BCUT2D eigenvalue weighted by Gasteiger charge is 2.34. The number of nitrogens with zero attached hydrogens (tertiary/aromatic N) is 3. The van der Waals surface area contributed by atoms with E-state index in [1.54, 1.807) is 12.1 Å². The van der Waals surface area contributed by atoms with Gasteiger partial charge in [-0.15, -0.1) is 4.48 Å². The number of aryl methyl sites for hydroxylation is 1. The third-order valence-corrected chi connectivity index (χ3v) is 5.21. The first-order valence-electron chi connectivity index (χ1n) is 9.54. The topological polar surface area (TPSA) is 43.0 Å². The highest BCUT2D eigenvalue weighted by Crippen LogP contribution is 2.22. The van der Waals surface area contributed by atoms with Gasteiger partial charge in [-0.3, -0.25) is 0 Å². The second-order valence-corrected chi connectivity index (χ2v) is 7.31. The molecule has 2 amide bonds. The van der Waals surface area contributed by atoms with E-state index in [4.69, 9.17) is 0 Å². The van der Waals surface area contributed by atoms with Crippen LogP contribution in [0.25, 0.3) is 11.0 Å². The number of imidazole rings is 1. The Morgan fingerprint density at radius 1 is 0.897 bits per heavy atom. The van der Waals surface area contributed by atoms with E-state index in [9.17, 15) is 9.59 Å². The molecule has 0 saturated heterocycles. The average Bonchev–Trinajstić information content (AvgIpc) is 3.10. The molecule has 5 heteroatoms. The molecule has 0 spiro atoms. The fraction of sp³-hybridized carbons (Fsp3) is 0.125. The van der Waals surface area contributed by atoms with E-state index < -0.39 is 4.48 Å². The molecule has 29 heavy (non-hydrogen) atoms. The van der Waals surface area contributed by atoms with Crippen molar-refractivity contribution in [2.24, 2.45) is 0 Å². The van der Waals surface area contributed by atoms with Crippen molar-refractivity contribution >= 4 is 29.5 Å². The van der Waals surface area contributed by atoms with Crippen molar-refractivity contribution in [2.45, 2.75) is 20.1 Å².